The molecule has 3 heteroatoms. The number of aliphatic hydroxyl groups is 1. The Labute approximate surface area is 71.7 Å². The minimum Gasteiger partial charge on any atom is -0.386 e. The topological polar surface area (TPSA) is 46.5 Å². The summed E-state index contributed by atoms with van der Waals surface area (Å²) in [5, 5.41) is 10.1. The van der Waals surface area contributed by atoms with Crippen LogP contribution in [0, 0.1) is 5.41 Å². The maximum absolute atomic E-state index is 11.5. The summed E-state index contributed by atoms with van der Waals surface area (Å²) < 4.78 is 5.37. The van der Waals surface area contributed by atoms with Crippen molar-refractivity contribution in [3.63, 3.8) is 0 Å². The average molecular weight is 170 g/mol. The first-order chi connectivity index (χ1) is 5.33. The largest absolute Gasteiger partial charge is 0.386 e. The zero-order valence-corrected chi connectivity index (χ0v) is 7.68. The van der Waals surface area contributed by atoms with E-state index in [-0.39, 0.29) is 11.2 Å². The molecule has 1 aliphatic heterocycles. The Hall–Kier alpha value is -0.410. The Kier molecular flexibility index (Phi) is 1.20. The van der Waals surface area contributed by atoms with E-state index in [1.807, 2.05) is 6.92 Å². The molecule has 3 nitrogen and oxygen atoms in total. The van der Waals surface area contributed by atoms with Crippen LogP contribution < -0.4 is 0 Å². The normalized spacial score (nSPS) is 58.2. The van der Waals surface area contributed by atoms with Crippen LogP contribution in [-0.4, -0.2) is 28.7 Å². The Bertz CT molecular complexity index is 258. The highest BCUT2D eigenvalue weighted by Crippen LogP contribution is 2.57. The summed E-state index contributed by atoms with van der Waals surface area (Å²) >= 11 is 0. The van der Waals surface area contributed by atoms with E-state index in [1.165, 1.54) is 0 Å². The van der Waals surface area contributed by atoms with Gasteiger partial charge in [0.15, 0.2) is 11.4 Å². The monoisotopic (exact) mass is 170 g/mol. The number of ether oxygens (including phenoxy) is 1. The minimum atomic E-state index is -1.00. The summed E-state index contributed by atoms with van der Waals surface area (Å²) in [4.78, 5) is 11.5. The number of carbonyl (C=O) groups is 1. The van der Waals surface area contributed by atoms with Crippen molar-refractivity contribution in [2.45, 2.75) is 38.4 Å². The molecule has 2 fully saturated rings. The second-order valence-electron chi connectivity index (χ2n) is 4.55. The molecule has 2 bridgehead atoms. The van der Waals surface area contributed by atoms with Crippen molar-refractivity contribution in [2.24, 2.45) is 5.41 Å². The molecule has 1 saturated heterocycles. The van der Waals surface area contributed by atoms with Gasteiger partial charge in [0.2, 0.25) is 0 Å². The highest BCUT2D eigenvalue weighted by molar-refractivity contribution is 5.93. The molecule has 0 radical (unpaired) electrons. The SMILES string of the molecule is CC12COC(C)(C(=O)C1)C2(C)O. The Morgan fingerprint density at radius 3 is 2.17 bits per heavy atom. The van der Waals surface area contributed by atoms with Crippen molar-refractivity contribution in [2.75, 3.05) is 6.61 Å². The minimum absolute atomic E-state index is 0.0289. The highest BCUT2D eigenvalue weighted by atomic mass is 16.5. The molecule has 2 aliphatic rings. The van der Waals surface area contributed by atoms with Crippen LogP contribution in [-0.2, 0) is 9.53 Å². The molecule has 1 heterocycles. The molecule has 0 spiro atoms. The van der Waals surface area contributed by atoms with E-state index in [0.29, 0.717) is 13.0 Å². The number of fused-ring (bicyclic) bond motifs is 2. The van der Waals surface area contributed by atoms with Gasteiger partial charge in [0.1, 0.15) is 5.60 Å². The molecule has 3 atom stereocenters. The molecule has 2 rings (SSSR count). The van der Waals surface area contributed by atoms with Crippen molar-refractivity contribution in [1.29, 1.82) is 0 Å². The first kappa shape index (κ1) is 8.20. The molecule has 68 valence electrons. The maximum atomic E-state index is 11.5. The fourth-order valence-electron chi connectivity index (χ4n) is 2.26. The van der Waals surface area contributed by atoms with Crippen LogP contribution in [0.4, 0.5) is 0 Å². The quantitative estimate of drug-likeness (QED) is 0.576. The molecule has 1 aliphatic carbocycles. The van der Waals surface area contributed by atoms with E-state index in [0.717, 1.165) is 0 Å². The fourth-order valence-corrected chi connectivity index (χ4v) is 2.26. The van der Waals surface area contributed by atoms with Gasteiger partial charge in [0.05, 0.1) is 6.61 Å². The first-order valence-corrected chi connectivity index (χ1v) is 4.23. The molecule has 0 aromatic rings. The molecule has 1 N–H and O–H groups in total. The van der Waals surface area contributed by atoms with Gasteiger partial charge >= 0.3 is 0 Å². The molecule has 0 aromatic heterocycles. The standard InChI is InChI=1S/C9H14O3/c1-7-4-6(10)8(2,12-5-7)9(7,3)11/h11H,4-5H2,1-3H3. The predicted molar refractivity (Wildman–Crippen MR) is 42.7 cm³/mol. The molecule has 0 aromatic carbocycles. The van der Waals surface area contributed by atoms with Gasteiger partial charge in [-0.25, -0.2) is 0 Å². The summed E-state index contributed by atoms with van der Waals surface area (Å²) in [5.41, 5.74) is -2.34. The predicted octanol–water partition coefficient (Wildman–Crippen LogP) is 0.505. The van der Waals surface area contributed by atoms with Crippen LogP contribution in [0.1, 0.15) is 27.2 Å². The van der Waals surface area contributed by atoms with Gasteiger partial charge < -0.3 is 9.84 Å². The molecule has 3 unspecified atom stereocenters. The fraction of sp³-hybridized carbons (Fsp3) is 0.889. The summed E-state index contributed by atoms with van der Waals surface area (Å²) in [5.74, 6) is 0.0289. The average Bonchev–Trinajstić information content (AvgIpc) is 2.18. The number of hydrogen-bond donors (Lipinski definition) is 1. The number of carbonyl (C=O) groups excluding carboxylic acids is 1. The van der Waals surface area contributed by atoms with E-state index >= 15 is 0 Å². The van der Waals surface area contributed by atoms with Crippen LogP contribution >= 0.6 is 0 Å². The maximum Gasteiger partial charge on any atom is 0.168 e. The second kappa shape index (κ2) is 1.75. The zero-order chi connectivity index (χ0) is 9.20. The lowest BCUT2D eigenvalue weighted by atomic mass is 9.76. The van der Waals surface area contributed by atoms with Crippen LogP contribution in [0.15, 0.2) is 0 Å². The van der Waals surface area contributed by atoms with Crippen molar-refractivity contribution >= 4 is 5.78 Å². The lowest BCUT2D eigenvalue weighted by Gasteiger charge is -2.32. The number of hydrogen-bond acceptors (Lipinski definition) is 3. The molecular weight excluding hydrogens is 156 g/mol. The lowest BCUT2D eigenvalue weighted by molar-refractivity contribution is -0.149. The molecule has 0 amide bonds. The smallest absolute Gasteiger partial charge is 0.168 e. The van der Waals surface area contributed by atoms with Gasteiger partial charge in [-0.3, -0.25) is 4.79 Å². The van der Waals surface area contributed by atoms with Gasteiger partial charge in [-0.15, -0.1) is 0 Å². The summed E-state index contributed by atoms with van der Waals surface area (Å²) in [6, 6.07) is 0. The Balaban J connectivity index is 2.56. The van der Waals surface area contributed by atoms with Gasteiger partial charge in [0, 0.05) is 11.8 Å². The van der Waals surface area contributed by atoms with Crippen molar-refractivity contribution < 1.29 is 14.6 Å². The van der Waals surface area contributed by atoms with E-state index < -0.39 is 11.2 Å². The highest BCUT2D eigenvalue weighted by Gasteiger charge is 2.71. The Morgan fingerprint density at radius 1 is 1.42 bits per heavy atom. The summed E-state index contributed by atoms with van der Waals surface area (Å²) in [6.07, 6.45) is 0.441. The van der Waals surface area contributed by atoms with Crippen molar-refractivity contribution in [3.05, 3.63) is 0 Å². The van der Waals surface area contributed by atoms with Crippen molar-refractivity contribution in [3.8, 4) is 0 Å². The summed E-state index contributed by atoms with van der Waals surface area (Å²) in [6.45, 7) is 5.78. The molecule has 12 heavy (non-hydrogen) atoms. The zero-order valence-electron chi connectivity index (χ0n) is 7.68. The summed E-state index contributed by atoms with van der Waals surface area (Å²) in [7, 11) is 0. The van der Waals surface area contributed by atoms with Gasteiger partial charge in [-0.05, 0) is 13.8 Å². The lowest BCUT2D eigenvalue weighted by Crippen LogP contribution is -2.50. The van der Waals surface area contributed by atoms with Crippen LogP contribution in [0.2, 0.25) is 0 Å². The van der Waals surface area contributed by atoms with E-state index in [9.17, 15) is 9.90 Å². The molecular formula is C9H14O3. The van der Waals surface area contributed by atoms with Gasteiger partial charge in [-0.2, -0.15) is 0 Å². The van der Waals surface area contributed by atoms with Crippen LogP contribution in [0.25, 0.3) is 0 Å². The third-order valence-corrected chi connectivity index (χ3v) is 3.87. The second-order valence-corrected chi connectivity index (χ2v) is 4.55. The molecule has 1 saturated carbocycles. The van der Waals surface area contributed by atoms with E-state index in [1.54, 1.807) is 13.8 Å². The van der Waals surface area contributed by atoms with E-state index in [2.05, 4.69) is 0 Å². The van der Waals surface area contributed by atoms with E-state index in [4.69, 9.17) is 4.74 Å². The van der Waals surface area contributed by atoms with Gasteiger partial charge in [0.25, 0.3) is 0 Å². The van der Waals surface area contributed by atoms with Crippen molar-refractivity contribution in [1.82, 2.24) is 0 Å². The number of Topliss-reactive ketones (excluding diaryl/α,β-unsaturated/α-hetero) is 1. The third-order valence-electron chi connectivity index (χ3n) is 3.87. The third kappa shape index (κ3) is 0.559. The first-order valence-electron chi connectivity index (χ1n) is 4.23. The number of ketones is 1. The van der Waals surface area contributed by atoms with Crippen LogP contribution in [0.3, 0.4) is 0 Å². The Morgan fingerprint density at radius 2 is 2.00 bits per heavy atom. The van der Waals surface area contributed by atoms with Gasteiger partial charge in [-0.1, -0.05) is 6.92 Å². The van der Waals surface area contributed by atoms with Crippen LogP contribution in [0.5, 0.6) is 0 Å². The number of rotatable bonds is 0.